The first-order valence-corrected chi connectivity index (χ1v) is 10.6. The monoisotopic (exact) mass is 456 g/mol. The maximum atomic E-state index is 14.3. The van der Waals surface area contributed by atoms with E-state index in [-0.39, 0.29) is 36.2 Å². The van der Waals surface area contributed by atoms with E-state index in [2.05, 4.69) is 15.7 Å². The molecule has 0 saturated carbocycles. The van der Waals surface area contributed by atoms with Gasteiger partial charge in [-0.25, -0.2) is 17.9 Å². The van der Waals surface area contributed by atoms with Gasteiger partial charge in [0.25, 0.3) is 5.92 Å². The Hall–Kier alpha value is -3.62. The number of halogens is 3. The zero-order valence-corrected chi connectivity index (χ0v) is 18.1. The topological polar surface area (TPSA) is 76.0 Å². The lowest BCUT2D eigenvalue weighted by molar-refractivity contribution is -0.126. The molecule has 1 fully saturated rings. The summed E-state index contributed by atoms with van der Waals surface area (Å²) < 4.78 is 43.5. The Morgan fingerprint density at radius 1 is 1.21 bits per heavy atom. The van der Waals surface area contributed by atoms with E-state index in [4.69, 9.17) is 0 Å². The predicted octanol–water partition coefficient (Wildman–Crippen LogP) is 4.50. The second kappa shape index (κ2) is 8.73. The Morgan fingerprint density at radius 2 is 1.94 bits per heavy atom. The van der Waals surface area contributed by atoms with Crippen molar-refractivity contribution >= 4 is 17.6 Å². The molecule has 0 bridgehead atoms. The first-order valence-electron chi connectivity index (χ1n) is 10.6. The van der Waals surface area contributed by atoms with E-state index in [9.17, 15) is 22.8 Å². The van der Waals surface area contributed by atoms with Crippen molar-refractivity contribution in [2.24, 2.45) is 11.8 Å². The summed E-state index contributed by atoms with van der Waals surface area (Å²) in [4.78, 5) is 24.5. The number of nitrogens with zero attached hydrogens (tertiary/aromatic N) is 2. The summed E-state index contributed by atoms with van der Waals surface area (Å²) in [5, 5.41) is 9.79. The van der Waals surface area contributed by atoms with Gasteiger partial charge in [-0.1, -0.05) is 32.0 Å². The molecule has 1 aliphatic heterocycles. The SMILES string of the molecule is CCC(F)(F)c1cccc(-c2cc(NC(=O)C3CNC(=O)[C@@H]3C)nn2-c2ccc(F)cc2)c1. The van der Waals surface area contributed by atoms with Crippen molar-refractivity contribution in [1.29, 1.82) is 0 Å². The molecule has 2 amide bonds. The average molecular weight is 456 g/mol. The third-order valence-corrected chi connectivity index (χ3v) is 5.91. The summed E-state index contributed by atoms with van der Waals surface area (Å²) in [6, 6.07) is 13.0. The molecule has 1 aromatic heterocycles. The fraction of sp³-hybridized carbons (Fsp3) is 0.292. The highest BCUT2D eigenvalue weighted by Gasteiger charge is 2.36. The van der Waals surface area contributed by atoms with Crippen LogP contribution in [0.1, 0.15) is 25.8 Å². The number of amides is 2. The van der Waals surface area contributed by atoms with Crippen molar-refractivity contribution in [3.8, 4) is 16.9 Å². The maximum absolute atomic E-state index is 14.3. The van der Waals surface area contributed by atoms with Crippen LogP contribution in [-0.2, 0) is 15.5 Å². The van der Waals surface area contributed by atoms with Crippen molar-refractivity contribution in [2.75, 3.05) is 11.9 Å². The molecule has 1 saturated heterocycles. The van der Waals surface area contributed by atoms with Gasteiger partial charge in [0.1, 0.15) is 5.82 Å². The minimum Gasteiger partial charge on any atom is -0.355 e. The van der Waals surface area contributed by atoms with Gasteiger partial charge in [-0.2, -0.15) is 0 Å². The van der Waals surface area contributed by atoms with E-state index in [0.717, 1.165) is 0 Å². The van der Waals surface area contributed by atoms with Crippen molar-refractivity contribution in [3.05, 3.63) is 66.0 Å². The predicted molar refractivity (Wildman–Crippen MR) is 117 cm³/mol. The number of alkyl halides is 2. The fourth-order valence-electron chi connectivity index (χ4n) is 3.81. The number of rotatable bonds is 6. The maximum Gasteiger partial charge on any atom is 0.273 e. The summed E-state index contributed by atoms with van der Waals surface area (Å²) in [7, 11) is 0. The van der Waals surface area contributed by atoms with Crippen LogP contribution in [0.15, 0.2) is 54.6 Å². The largest absolute Gasteiger partial charge is 0.355 e. The van der Waals surface area contributed by atoms with Crippen LogP contribution in [0.2, 0.25) is 0 Å². The van der Waals surface area contributed by atoms with Crippen molar-refractivity contribution in [3.63, 3.8) is 0 Å². The van der Waals surface area contributed by atoms with E-state index in [1.807, 2.05) is 0 Å². The van der Waals surface area contributed by atoms with E-state index in [1.54, 1.807) is 19.1 Å². The second-order valence-corrected chi connectivity index (χ2v) is 8.07. The average Bonchev–Trinajstić information content (AvgIpc) is 3.37. The highest BCUT2D eigenvalue weighted by Crippen LogP contribution is 2.35. The second-order valence-electron chi connectivity index (χ2n) is 8.07. The molecule has 1 aliphatic rings. The van der Waals surface area contributed by atoms with Crippen LogP contribution >= 0.6 is 0 Å². The normalized spacial score (nSPS) is 18.3. The van der Waals surface area contributed by atoms with Gasteiger partial charge in [0.15, 0.2) is 5.82 Å². The summed E-state index contributed by atoms with van der Waals surface area (Å²) >= 11 is 0. The number of carbonyl (C=O) groups excluding carboxylic acids is 2. The smallest absolute Gasteiger partial charge is 0.273 e. The van der Waals surface area contributed by atoms with Crippen molar-refractivity contribution in [2.45, 2.75) is 26.2 Å². The lowest BCUT2D eigenvalue weighted by atomic mass is 9.97. The van der Waals surface area contributed by atoms with Crippen LogP contribution in [-0.4, -0.2) is 28.1 Å². The lowest BCUT2D eigenvalue weighted by Gasteiger charge is -2.15. The van der Waals surface area contributed by atoms with E-state index in [0.29, 0.717) is 16.9 Å². The molecule has 6 nitrogen and oxygen atoms in total. The standard InChI is InChI=1S/C24H23F3N4O2/c1-3-24(26,27)16-6-4-5-15(11-16)20-12-21(29-23(33)19-13-28-22(32)14(19)2)30-31(20)18-9-7-17(25)8-10-18/h4-12,14,19H,3,13H2,1-2H3,(H,28,32)(H,29,30,33)/t14-,19?/m1/s1. The van der Waals surface area contributed by atoms with E-state index < -0.39 is 23.6 Å². The Kier molecular flexibility index (Phi) is 5.97. The number of hydrogen-bond acceptors (Lipinski definition) is 3. The Morgan fingerprint density at radius 3 is 2.58 bits per heavy atom. The molecule has 172 valence electrons. The molecule has 3 aromatic rings. The van der Waals surface area contributed by atoms with Crippen molar-refractivity contribution < 1.29 is 22.8 Å². The molecule has 1 unspecified atom stereocenters. The Balaban J connectivity index is 1.74. The number of benzene rings is 2. The van der Waals surface area contributed by atoms with Gasteiger partial charge in [-0.05, 0) is 30.3 Å². The summed E-state index contributed by atoms with van der Waals surface area (Å²) in [6.07, 6.45) is -0.346. The minimum absolute atomic E-state index is 0.135. The van der Waals surface area contributed by atoms with Gasteiger partial charge in [0, 0.05) is 36.1 Å². The first kappa shape index (κ1) is 22.6. The fourth-order valence-corrected chi connectivity index (χ4v) is 3.81. The molecule has 0 aliphatic carbocycles. The molecule has 4 rings (SSSR count). The van der Waals surface area contributed by atoms with Gasteiger partial charge in [0.2, 0.25) is 11.8 Å². The Labute approximate surface area is 188 Å². The molecule has 9 heteroatoms. The molecule has 2 aromatic carbocycles. The molecule has 2 heterocycles. The molecule has 33 heavy (non-hydrogen) atoms. The molecule has 2 N–H and O–H groups in total. The number of anilines is 1. The van der Waals surface area contributed by atoms with Gasteiger partial charge in [0.05, 0.1) is 17.3 Å². The van der Waals surface area contributed by atoms with Gasteiger partial charge in [-0.15, -0.1) is 5.10 Å². The number of hydrogen-bond donors (Lipinski definition) is 2. The quantitative estimate of drug-likeness (QED) is 0.574. The molecular weight excluding hydrogens is 433 g/mol. The van der Waals surface area contributed by atoms with Crippen LogP contribution in [0, 0.1) is 17.7 Å². The zero-order chi connectivity index (χ0) is 23.8. The number of carbonyl (C=O) groups is 2. The molecule has 0 spiro atoms. The van der Waals surface area contributed by atoms with Crippen molar-refractivity contribution in [1.82, 2.24) is 15.1 Å². The van der Waals surface area contributed by atoms with Crippen LogP contribution in [0.25, 0.3) is 16.9 Å². The number of aromatic nitrogens is 2. The third kappa shape index (κ3) is 4.48. The summed E-state index contributed by atoms with van der Waals surface area (Å²) in [5.41, 5.74) is 1.26. The third-order valence-electron chi connectivity index (χ3n) is 5.91. The minimum atomic E-state index is -2.99. The summed E-state index contributed by atoms with van der Waals surface area (Å²) in [5.74, 6) is -4.83. The zero-order valence-electron chi connectivity index (χ0n) is 18.1. The summed E-state index contributed by atoms with van der Waals surface area (Å²) in [6.45, 7) is 3.31. The van der Waals surface area contributed by atoms with Crippen LogP contribution < -0.4 is 10.6 Å². The highest BCUT2D eigenvalue weighted by molar-refractivity contribution is 5.98. The van der Waals surface area contributed by atoms with Crippen LogP contribution in [0.4, 0.5) is 19.0 Å². The molecule has 0 radical (unpaired) electrons. The van der Waals surface area contributed by atoms with Crippen LogP contribution in [0.3, 0.4) is 0 Å². The highest BCUT2D eigenvalue weighted by atomic mass is 19.3. The van der Waals surface area contributed by atoms with Gasteiger partial charge in [-0.3, -0.25) is 9.59 Å². The van der Waals surface area contributed by atoms with Gasteiger partial charge >= 0.3 is 0 Å². The molecule has 2 atom stereocenters. The van der Waals surface area contributed by atoms with Crippen LogP contribution in [0.5, 0.6) is 0 Å². The number of nitrogens with one attached hydrogen (secondary N) is 2. The lowest BCUT2D eigenvalue weighted by Crippen LogP contribution is -2.28. The Bertz CT molecular complexity index is 1190. The van der Waals surface area contributed by atoms with E-state index in [1.165, 1.54) is 54.1 Å². The first-order chi connectivity index (χ1) is 15.7. The van der Waals surface area contributed by atoms with E-state index >= 15 is 0 Å². The van der Waals surface area contributed by atoms with Gasteiger partial charge < -0.3 is 10.6 Å². The molecular formula is C24H23F3N4O2.